The third-order valence-corrected chi connectivity index (χ3v) is 4.06. The zero-order chi connectivity index (χ0) is 9.71. The molecule has 1 aromatic rings. The summed E-state index contributed by atoms with van der Waals surface area (Å²) in [4.78, 5) is 2.44. The molecule has 0 radical (unpaired) electrons. The zero-order valence-electron chi connectivity index (χ0n) is 8.33. The molecule has 2 heteroatoms. The van der Waals surface area contributed by atoms with Crippen molar-refractivity contribution in [2.45, 2.75) is 24.8 Å². The average molecular weight is 208 g/mol. The molecule has 1 unspecified atom stereocenters. The molecule has 2 aliphatic rings. The maximum Gasteiger partial charge on any atom is 0.0456 e. The quantitative estimate of drug-likeness (QED) is 0.632. The van der Waals surface area contributed by atoms with Crippen LogP contribution in [0.4, 0.5) is 0 Å². The Labute approximate surface area is 89.7 Å². The molecule has 1 aliphatic heterocycles. The molecule has 14 heavy (non-hydrogen) atoms. The summed E-state index contributed by atoms with van der Waals surface area (Å²) < 4.78 is 0. The van der Waals surface area contributed by atoms with Gasteiger partial charge in [-0.2, -0.15) is 0 Å². The smallest absolute Gasteiger partial charge is 0.0456 e. The van der Waals surface area contributed by atoms with Crippen molar-refractivity contribution in [2.24, 2.45) is 0 Å². The largest absolute Gasteiger partial charge is 0.299 e. The highest BCUT2D eigenvalue weighted by atomic mass is 35.5. The highest BCUT2D eigenvalue weighted by molar-refractivity contribution is 6.31. The highest BCUT2D eigenvalue weighted by Gasteiger charge is 2.38. The van der Waals surface area contributed by atoms with Gasteiger partial charge in [0.15, 0.2) is 0 Å². The lowest BCUT2D eigenvalue weighted by Gasteiger charge is -2.30. The molecule has 1 heterocycles. The van der Waals surface area contributed by atoms with Gasteiger partial charge in [0.25, 0.3) is 0 Å². The van der Waals surface area contributed by atoms with E-state index < -0.39 is 0 Å². The number of nitrogens with zero attached hydrogens (tertiary/aromatic N) is 1. The van der Waals surface area contributed by atoms with Crippen LogP contribution in [0.15, 0.2) is 18.2 Å². The van der Waals surface area contributed by atoms with E-state index in [1.54, 1.807) is 0 Å². The van der Waals surface area contributed by atoms with E-state index in [0.29, 0.717) is 6.04 Å². The van der Waals surface area contributed by atoms with Crippen molar-refractivity contribution < 1.29 is 0 Å². The van der Waals surface area contributed by atoms with Crippen molar-refractivity contribution in [1.82, 2.24) is 4.90 Å². The van der Waals surface area contributed by atoms with Gasteiger partial charge in [0.2, 0.25) is 0 Å². The van der Waals surface area contributed by atoms with Gasteiger partial charge in [0.05, 0.1) is 0 Å². The van der Waals surface area contributed by atoms with E-state index in [-0.39, 0.29) is 0 Å². The van der Waals surface area contributed by atoms with Gasteiger partial charge in [0, 0.05) is 11.1 Å². The summed E-state index contributed by atoms with van der Waals surface area (Å²) in [6.07, 6.45) is 2.57. The molecule has 3 rings (SSSR count). The van der Waals surface area contributed by atoms with Crippen LogP contribution >= 0.6 is 11.6 Å². The third kappa shape index (κ3) is 1.06. The van der Waals surface area contributed by atoms with Gasteiger partial charge < -0.3 is 0 Å². The molecule has 1 aromatic carbocycles. The fourth-order valence-corrected chi connectivity index (χ4v) is 3.27. The number of fused-ring (bicyclic) bond motifs is 5. The standard InChI is InChI=1S/C12H14ClN/c1-14-6-5-8-7-11(14)12-9(8)3-2-4-10(12)13/h2-4,8,11H,5-7H2,1H3/t8?,11-/m1/s1. The molecule has 1 nitrogen and oxygen atoms in total. The molecule has 1 fully saturated rings. The molecule has 1 saturated heterocycles. The maximum atomic E-state index is 6.27. The number of hydrogen-bond acceptors (Lipinski definition) is 1. The lowest BCUT2D eigenvalue weighted by Crippen LogP contribution is -2.28. The van der Waals surface area contributed by atoms with Crippen LogP contribution in [0.3, 0.4) is 0 Å². The van der Waals surface area contributed by atoms with E-state index in [1.807, 2.05) is 6.07 Å². The van der Waals surface area contributed by atoms with E-state index in [4.69, 9.17) is 11.6 Å². The minimum atomic E-state index is 0.581. The summed E-state index contributed by atoms with van der Waals surface area (Å²) in [6.45, 7) is 1.21. The predicted octanol–water partition coefficient (Wildman–Crippen LogP) is 3.20. The first kappa shape index (κ1) is 8.75. The van der Waals surface area contributed by atoms with Crippen molar-refractivity contribution >= 4 is 11.6 Å². The van der Waals surface area contributed by atoms with E-state index in [2.05, 4.69) is 24.1 Å². The summed E-state index contributed by atoms with van der Waals surface area (Å²) in [5.74, 6) is 0.768. The number of piperidine rings is 1. The van der Waals surface area contributed by atoms with Gasteiger partial charge in [-0.15, -0.1) is 0 Å². The second-order valence-electron chi connectivity index (χ2n) is 4.46. The van der Waals surface area contributed by atoms with Crippen LogP contribution in [0.5, 0.6) is 0 Å². The third-order valence-electron chi connectivity index (χ3n) is 3.73. The Bertz CT molecular complexity index is 375. The molecule has 1 aliphatic carbocycles. The maximum absolute atomic E-state index is 6.27. The fourth-order valence-electron chi connectivity index (χ4n) is 2.96. The van der Waals surface area contributed by atoms with Crippen molar-refractivity contribution in [3.63, 3.8) is 0 Å². The minimum absolute atomic E-state index is 0.581. The number of hydrogen-bond donors (Lipinski definition) is 0. The van der Waals surface area contributed by atoms with Crippen molar-refractivity contribution in [3.05, 3.63) is 34.3 Å². The van der Waals surface area contributed by atoms with Crippen LogP contribution in [-0.2, 0) is 0 Å². The second-order valence-corrected chi connectivity index (χ2v) is 4.87. The van der Waals surface area contributed by atoms with Gasteiger partial charge >= 0.3 is 0 Å². The second kappa shape index (κ2) is 2.98. The summed E-state index contributed by atoms with van der Waals surface area (Å²) in [5, 5.41) is 0.962. The lowest BCUT2D eigenvalue weighted by molar-refractivity contribution is 0.192. The molecule has 0 saturated carbocycles. The van der Waals surface area contributed by atoms with Crippen LogP contribution in [0.25, 0.3) is 0 Å². The van der Waals surface area contributed by atoms with E-state index in [1.165, 1.54) is 30.5 Å². The Morgan fingerprint density at radius 1 is 1.43 bits per heavy atom. The summed E-state index contributed by atoms with van der Waals surface area (Å²) in [5.41, 5.74) is 2.91. The van der Waals surface area contributed by atoms with Crippen LogP contribution in [0.2, 0.25) is 5.02 Å². The number of likely N-dealkylation sites (tertiary alicyclic amines) is 1. The lowest BCUT2D eigenvalue weighted by atomic mass is 9.96. The summed E-state index contributed by atoms with van der Waals surface area (Å²) in [6, 6.07) is 6.94. The van der Waals surface area contributed by atoms with Gasteiger partial charge in [-0.25, -0.2) is 0 Å². The molecular formula is C12H14ClN. The van der Waals surface area contributed by atoms with Crippen LogP contribution in [0, 0.1) is 0 Å². The Hall–Kier alpha value is -0.530. The van der Waals surface area contributed by atoms with Crippen LogP contribution < -0.4 is 0 Å². The van der Waals surface area contributed by atoms with Gasteiger partial charge in [0.1, 0.15) is 0 Å². The Kier molecular flexibility index (Phi) is 1.86. The monoisotopic (exact) mass is 207 g/mol. The Morgan fingerprint density at radius 3 is 3.14 bits per heavy atom. The minimum Gasteiger partial charge on any atom is -0.299 e. The highest BCUT2D eigenvalue weighted by Crippen LogP contribution is 2.50. The normalized spacial score (nSPS) is 30.4. The van der Waals surface area contributed by atoms with Gasteiger partial charge in [-0.05, 0) is 49.5 Å². The Morgan fingerprint density at radius 2 is 2.29 bits per heavy atom. The zero-order valence-corrected chi connectivity index (χ0v) is 9.09. The first-order valence-corrected chi connectivity index (χ1v) is 5.63. The molecule has 0 N–H and O–H groups in total. The van der Waals surface area contributed by atoms with E-state index in [0.717, 1.165) is 10.9 Å². The van der Waals surface area contributed by atoms with Crippen molar-refractivity contribution in [1.29, 1.82) is 0 Å². The molecule has 2 bridgehead atoms. The predicted molar refractivity (Wildman–Crippen MR) is 58.8 cm³/mol. The molecule has 74 valence electrons. The number of rotatable bonds is 0. The average Bonchev–Trinajstić information content (AvgIpc) is 2.49. The topological polar surface area (TPSA) is 3.24 Å². The molecule has 2 atom stereocenters. The molecule has 0 aromatic heterocycles. The van der Waals surface area contributed by atoms with E-state index in [9.17, 15) is 0 Å². The van der Waals surface area contributed by atoms with Gasteiger partial charge in [-0.3, -0.25) is 4.90 Å². The van der Waals surface area contributed by atoms with Gasteiger partial charge in [-0.1, -0.05) is 23.7 Å². The van der Waals surface area contributed by atoms with Crippen molar-refractivity contribution in [3.8, 4) is 0 Å². The first-order chi connectivity index (χ1) is 6.77. The van der Waals surface area contributed by atoms with Crippen LogP contribution in [-0.4, -0.2) is 18.5 Å². The molecular weight excluding hydrogens is 194 g/mol. The number of benzene rings is 1. The fraction of sp³-hybridized carbons (Fsp3) is 0.500. The summed E-state index contributed by atoms with van der Waals surface area (Å²) >= 11 is 6.27. The number of halogens is 1. The Balaban J connectivity index is 2.18. The summed E-state index contributed by atoms with van der Waals surface area (Å²) in [7, 11) is 2.21. The van der Waals surface area contributed by atoms with Crippen LogP contribution in [0.1, 0.15) is 35.9 Å². The van der Waals surface area contributed by atoms with Crippen molar-refractivity contribution in [2.75, 3.05) is 13.6 Å². The molecule has 0 amide bonds. The SMILES string of the molecule is CN1CCC2C[C@@H]1c1c(Cl)cccc12. The molecule has 0 spiro atoms. The van der Waals surface area contributed by atoms with E-state index >= 15 is 0 Å². The first-order valence-electron chi connectivity index (χ1n) is 5.26.